The third-order valence-corrected chi connectivity index (χ3v) is 3.60. The van der Waals surface area contributed by atoms with Crippen LogP contribution in [0, 0.1) is 19.3 Å². The molecule has 2 aromatic rings. The summed E-state index contributed by atoms with van der Waals surface area (Å²) in [6.45, 7) is 1.94. The number of carbonyl (C=O) groups is 1. The highest BCUT2D eigenvalue weighted by molar-refractivity contribution is 6.32. The molecule has 0 aliphatic heterocycles. The van der Waals surface area contributed by atoms with Crippen LogP contribution in [-0.2, 0) is 0 Å². The number of nitrogens with zero attached hydrogens (tertiary/aromatic N) is 1. The van der Waals surface area contributed by atoms with Crippen molar-refractivity contribution in [3.63, 3.8) is 0 Å². The van der Waals surface area contributed by atoms with E-state index in [-0.39, 0.29) is 12.5 Å². The molecule has 1 amide bonds. The predicted octanol–water partition coefficient (Wildman–Crippen LogP) is 3.43. The topological polar surface area (TPSA) is 59.9 Å². The Bertz CT molecular complexity index is 841. The first-order valence-corrected chi connectivity index (χ1v) is 7.77. The minimum atomic E-state index is -0.290. The Morgan fingerprint density at radius 2 is 2.16 bits per heavy atom. The predicted molar refractivity (Wildman–Crippen MR) is 98.6 cm³/mol. The summed E-state index contributed by atoms with van der Waals surface area (Å²) in [5, 5.41) is 4.29. The SMILES string of the molecule is C#CCOc1c(Cl)cc(/C=N/NC(=O)c2ccccc2C)cc1OC. The van der Waals surface area contributed by atoms with Crippen LogP contribution in [0.3, 0.4) is 0 Å². The molecule has 2 aromatic carbocycles. The zero-order valence-corrected chi connectivity index (χ0v) is 14.6. The van der Waals surface area contributed by atoms with Gasteiger partial charge in [0.15, 0.2) is 11.5 Å². The molecule has 0 fully saturated rings. The summed E-state index contributed by atoms with van der Waals surface area (Å²) < 4.78 is 10.6. The lowest BCUT2D eigenvalue weighted by Crippen LogP contribution is -2.18. The van der Waals surface area contributed by atoms with Gasteiger partial charge in [0.2, 0.25) is 0 Å². The van der Waals surface area contributed by atoms with Gasteiger partial charge in [-0.2, -0.15) is 5.10 Å². The lowest BCUT2D eigenvalue weighted by Gasteiger charge is -2.11. The normalized spacial score (nSPS) is 10.3. The molecule has 0 saturated heterocycles. The maximum absolute atomic E-state index is 12.1. The van der Waals surface area contributed by atoms with Crippen molar-refractivity contribution in [2.75, 3.05) is 13.7 Å². The number of aryl methyl sites for hydroxylation is 1. The fourth-order valence-corrected chi connectivity index (χ4v) is 2.40. The van der Waals surface area contributed by atoms with Gasteiger partial charge in [-0.3, -0.25) is 4.79 Å². The Balaban J connectivity index is 2.13. The van der Waals surface area contributed by atoms with E-state index in [1.807, 2.05) is 19.1 Å². The molecule has 2 rings (SSSR count). The first-order chi connectivity index (χ1) is 12.1. The molecule has 0 radical (unpaired) electrons. The highest BCUT2D eigenvalue weighted by Gasteiger charge is 2.11. The van der Waals surface area contributed by atoms with Gasteiger partial charge in [0.25, 0.3) is 5.91 Å². The maximum Gasteiger partial charge on any atom is 0.271 e. The fraction of sp³-hybridized carbons (Fsp3) is 0.158. The van der Waals surface area contributed by atoms with Crippen molar-refractivity contribution in [3.8, 4) is 23.8 Å². The summed E-state index contributed by atoms with van der Waals surface area (Å²) in [7, 11) is 1.50. The molecule has 25 heavy (non-hydrogen) atoms. The van der Waals surface area contributed by atoms with Crippen LogP contribution >= 0.6 is 11.6 Å². The van der Waals surface area contributed by atoms with E-state index in [2.05, 4.69) is 16.4 Å². The average Bonchev–Trinajstić information content (AvgIpc) is 2.60. The number of terminal acetylenes is 1. The Morgan fingerprint density at radius 3 is 2.84 bits per heavy atom. The van der Waals surface area contributed by atoms with E-state index < -0.39 is 0 Å². The summed E-state index contributed by atoms with van der Waals surface area (Å²) in [4.78, 5) is 12.1. The molecule has 5 nitrogen and oxygen atoms in total. The van der Waals surface area contributed by atoms with Crippen molar-refractivity contribution in [1.82, 2.24) is 5.43 Å². The molecule has 1 N–H and O–H groups in total. The molecule has 0 aliphatic rings. The number of methoxy groups -OCH3 is 1. The van der Waals surface area contributed by atoms with Gasteiger partial charge >= 0.3 is 0 Å². The number of hydrogen-bond donors (Lipinski definition) is 1. The number of benzene rings is 2. The largest absolute Gasteiger partial charge is 0.493 e. The number of hydrazone groups is 1. The number of amides is 1. The third kappa shape index (κ3) is 4.75. The molecule has 0 heterocycles. The van der Waals surface area contributed by atoms with E-state index >= 15 is 0 Å². The van der Waals surface area contributed by atoms with Crippen molar-refractivity contribution < 1.29 is 14.3 Å². The highest BCUT2D eigenvalue weighted by atomic mass is 35.5. The number of hydrogen-bond acceptors (Lipinski definition) is 4. The van der Waals surface area contributed by atoms with Gasteiger partial charge in [-0.05, 0) is 36.2 Å². The van der Waals surface area contributed by atoms with E-state index in [9.17, 15) is 4.79 Å². The van der Waals surface area contributed by atoms with E-state index in [4.69, 9.17) is 27.5 Å². The number of carbonyl (C=O) groups excluding carboxylic acids is 1. The van der Waals surface area contributed by atoms with Gasteiger partial charge in [-0.25, -0.2) is 5.43 Å². The molecule has 6 heteroatoms. The summed E-state index contributed by atoms with van der Waals surface area (Å²) in [5.74, 6) is 2.87. The van der Waals surface area contributed by atoms with E-state index in [0.29, 0.717) is 27.6 Å². The monoisotopic (exact) mass is 356 g/mol. The average molecular weight is 357 g/mol. The Morgan fingerprint density at radius 1 is 1.40 bits per heavy atom. The lowest BCUT2D eigenvalue weighted by molar-refractivity contribution is 0.0954. The van der Waals surface area contributed by atoms with Crippen molar-refractivity contribution in [2.24, 2.45) is 5.10 Å². The van der Waals surface area contributed by atoms with Crippen molar-refractivity contribution in [2.45, 2.75) is 6.92 Å². The fourth-order valence-electron chi connectivity index (χ4n) is 2.12. The van der Waals surface area contributed by atoms with Crippen LogP contribution in [0.5, 0.6) is 11.5 Å². The van der Waals surface area contributed by atoms with Gasteiger partial charge < -0.3 is 9.47 Å². The summed E-state index contributed by atoms with van der Waals surface area (Å²) in [6, 6.07) is 10.6. The summed E-state index contributed by atoms with van der Waals surface area (Å²) in [5.41, 5.74) is 4.56. The maximum atomic E-state index is 12.1. The molecular weight excluding hydrogens is 340 g/mol. The molecule has 0 aliphatic carbocycles. The first-order valence-electron chi connectivity index (χ1n) is 7.39. The van der Waals surface area contributed by atoms with E-state index in [1.165, 1.54) is 13.3 Å². The van der Waals surface area contributed by atoms with Gasteiger partial charge in [-0.15, -0.1) is 6.42 Å². The number of ether oxygens (including phenoxy) is 2. The van der Waals surface area contributed by atoms with Crippen molar-refractivity contribution >= 4 is 23.7 Å². The molecular formula is C19H17ClN2O3. The van der Waals surface area contributed by atoms with Crippen LogP contribution in [0.25, 0.3) is 0 Å². The van der Waals surface area contributed by atoms with Crippen molar-refractivity contribution in [1.29, 1.82) is 0 Å². The zero-order chi connectivity index (χ0) is 18.2. The summed E-state index contributed by atoms with van der Waals surface area (Å²) >= 11 is 6.18. The number of rotatable bonds is 6. The molecule has 0 atom stereocenters. The highest BCUT2D eigenvalue weighted by Crippen LogP contribution is 2.35. The molecule has 0 bridgehead atoms. The van der Waals surface area contributed by atoms with Crippen LogP contribution in [-0.4, -0.2) is 25.8 Å². The van der Waals surface area contributed by atoms with Gasteiger partial charge in [-0.1, -0.05) is 35.7 Å². The van der Waals surface area contributed by atoms with Crippen LogP contribution in [0.2, 0.25) is 5.02 Å². The molecule has 128 valence electrons. The quantitative estimate of drug-likeness (QED) is 0.490. The molecule has 0 unspecified atom stereocenters. The second-order valence-corrected chi connectivity index (χ2v) is 5.45. The second kappa shape index (κ2) is 8.76. The second-order valence-electron chi connectivity index (χ2n) is 5.04. The van der Waals surface area contributed by atoms with Crippen LogP contribution in [0.15, 0.2) is 41.5 Å². The van der Waals surface area contributed by atoms with Gasteiger partial charge in [0.05, 0.1) is 18.3 Å². The van der Waals surface area contributed by atoms with Crippen LogP contribution in [0.4, 0.5) is 0 Å². The molecule has 0 aromatic heterocycles. The lowest BCUT2D eigenvalue weighted by atomic mass is 10.1. The molecule has 0 saturated carbocycles. The van der Waals surface area contributed by atoms with Crippen molar-refractivity contribution in [3.05, 3.63) is 58.1 Å². The Hall–Kier alpha value is -2.97. The van der Waals surface area contributed by atoms with E-state index in [1.54, 1.807) is 24.3 Å². The van der Waals surface area contributed by atoms with E-state index in [0.717, 1.165) is 5.56 Å². The van der Waals surface area contributed by atoms with Gasteiger partial charge in [0.1, 0.15) is 6.61 Å². The summed E-state index contributed by atoms with van der Waals surface area (Å²) in [6.07, 6.45) is 6.65. The smallest absolute Gasteiger partial charge is 0.271 e. The number of nitrogens with one attached hydrogen (secondary N) is 1. The number of halogens is 1. The van der Waals surface area contributed by atoms with Crippen LogP contribution in [0.1, 0.15) is 21.5 Å². The third-order valence-electron chi connectivity index (χ3n) is 3.32. The molecule has 0 spiro atoms. The van der Waals surface area contributed by atoms with Crippen LogP contribution < -0.4 is 14.9 Å². The first kappa shape index (κ1) is 18.4. The minimum Gasteiger partial charge on any atom is -0.493 e. The minimum absolute atomic E-state index is 0.0794. The standard InChI is InChI=1S/C19H17ClN2O3/c1-4-9-25-18-16(20)10-14(11-17(18)24-3)12-21-22-19(23)15-8-6-5-7-13(15)2/h1,5-8,10-12H,9H2,2-3H3,(H,22,23)/b21-12+. The zero-order valence-electron chi connectivity index (χ0n) is 13.9. The van der Waals surface area contributed by atoms with Gasteiger partial charge in [0, 0.05) is 5.56 Å². The Labute approximate surface area is 151 Å². The Kier molecular flexibility index (Phi) is 6.44.